The van der Waals surface area contributed by atoms with Gasteiger partial charge in [0.25, 0.3) is 0 Å². The average molecular weight is 950 g/mol. The second-order valence-corrected chi connectivity index (χ2v) is 15.9. The molecule has 18 heteroatoms. The van der Waals surface area contributed by atoms with E-state index in [4.69, 9.17) is 31.4 Å². The Balaban J connectivity index is 1.08. The van der Waals surface area contributed by atoms with Crippen molar-refractivity contribution in [2.75, 3.05) is 35.6 Å². The lowest BCUT2D eigenvalue weighted by molar-refractivity contribution is -0.118. The van der Waals surface area contributed by atoms with Crippen molar-refractivity contribution in [3.05, 3.63) is 197 Å². The van der Waals surface area contributed by atoms with Crippen LogP contribution in [-0.4, -0.2) is 73.8 Å². The fraction of sp³-hybridized carbons (Fsp3) is 0.192. The van der Waals surface area contributed by atoms with E-state index in [1.54, 1.807) is 36.4 Å². The smallest absolute Gasteiger partial charge is 0.407 e. The molecular weight excluding hydrogens is 895 g/mol. The van der Waals surface area contributed by atoms with E-state index in [2.05, 4.69) is 31.9 Å². The third-order valence-electron chi connectivity index (χ3n) is 10.6. The molecule has 0 aliphatic carbocycles. The number of carbonyl (C=O) groups is 6. The molecule has 0 aromatic heterocycles. The topological polar surface area (TPSA) is 280 Å². The summed E-state index contributed by atoms with van der Waals surface area (Å²) >= 11 is 0. The molecule has 6 aromatic carbocycles. The standard InChI is InChI=1S/C52H55N9O9/c53-43(28-56-50(65)68-31-34-10-4-1-5-11-34)47(62)59-40-22-16-37(17-23-40)46(38-18-24-41(25-19-38)60-48(63)44(54)29-57-51(66)69-32-35-12-6-2-7-13-35)39-20-26-42(27-21-39)61-49(64)45(55)30-58-52(67)70-33-36-14-8-3-9-15-36/h1-27,43-46H,28-33,53-55H2,(H,56,65)(H,57,66)(H,58,67)(H,59,62)(H,60,63)(H,61,64)/t43-,44-,45-/m0/s1. The van der Waals surface area contributed by atoms with Crippen LogP contribution in [0.2, 0.25) is 0 Å². The molecule has 0 bridgehead atoms. The molecule has 3 atom stereocenters. The van der Waals surface area contributed by atoms with Crippen LogP contribution in [0.25, 0.3) is 0 Å². The number of nitrogens with two attached hydrogens (primary N) is 3. The van der Waals surface area contributed by atoms with Gasteiger partial charge in [-0.15, -0.1) is 0 Å². The summed E-state index contributed by atoms with van der Waals surface area (Å²) in [4.78, 5) is 75.7. The van der Waals surface area contributed by atoms with E-state index in [9.17, 15) is 28.8 Å². The highest BCUT2D eigenvalue weighted by Crippen LogP contribution is 2.34. The predicted molar refractivity (Wildman–Crippen MR) is 264 cm³/mol. The first-order valence-electron chi connectivity index (χ1n) is 22.2. The van der Waals surface area contributed by atoms with Crippen molar-refractivity contribution in [2.45, 2.75) is 43.9 Å². The minimum absolute atomic E-state index is 0.0657. The first kappa shape index (κ1) is 50.8. The average Bonchev–Trinajstić information content (AvgIpc) is 3.39. The minimum Gasteiger partial charge on any atom is -0.445 e. The minimum atomic E-state index is -1.07. The second kappa shape index (κ2) is 26.1. The van der Waals surface area contributed by atoms with Crippen LogP contribution in [0.4, 0.5) is 31.4 Å². The van der Waals surface area contributed by atoms with Crippen molar-refractivity contribution in [1.82, 2.24) is 16.0 Å². The SMILES string of the molecule is N[C@@H](CNC(=O)OCc1ccccc1)C(=O)Nc1ccc(C(c2ccc(NC(=O)[C@@H](N)CNC(=O)OCc3ccccc3)cc2)c2ccc(NC(=O)[C@@H](N)CNC(=O)OCc3ccccc3)cc2)cc1. The largest absolute Gasteiger partial charge is 0.445 e. The van der Waals surface area contributed by atoms with E-state index in [-0.39, 0.29) is 39.5 Å². The van der Waals surface area contributed by atoms with E-state index in [0.717, 1.165) is 33.4 Å². The molecule has 6 aromatic rings. The predicted octanol–water partition coefficient (Wildman–Crippen LogP) is 5.44. The van der Waals surface area contributed by atoms with Gasteiger partial charge in [-0.1, -0.05) is 127 Å². The molecular formula is C52H55N9O9. The van der Waals surface area contributed by atoms with Crippen molar-refractivity contribution < 1.29 is 43.0 Å². The zero-order chi connectivity index (χ0) is 49.7. The number of anilines is 3. The number of rotatable bonds is 21. The van der Waals surface area contributed by atoms with Gasteiger partial charge in [0.1, 0.15) is 37.9 Å². The highest BCUT2D eigenvalue weighted by Gasteiger charge is 2.22. The van der Waals surface area contributed by atoms with Gasteiger partial charge in [0, 0.05) is 42.6 Å². The van der Waals surface area contributed by atoms with Gasteiger partial charge in [0.05, 0.1) is 0 Å². The van der Waals surface area contributed by atoms with E-state index in [0.29, 0.717) is 17.1 Å². The molecule has 18 nitrogen and oxygen atoms in total. The molecule has 0 radical (unpaired) electrons. The van der Waals surface area contributed by atoms with E-state index >= 15 is 0 Å². The number of ether oxygens (including phenoxy) is 3. The fourth-order valence-corrected chi connectivity index (χ4v) is 6.74. The van der Waals surface area contributed by atoms with Crippen LogP contribution < -0.4 is 49.1 Å². The summed E-state index contributed by atoms with van der Waals surface area (Å²) in [6.07, 6.45) is -2.13. The molecule has 0 saturated heterocycles. The van der Waals surface area contributed by atoms with E-state index in [1.807, 2.05) is 127 Å². The van der Waals surface area contributed by atoms with Gasteiger partial charge in [-0.3, -0.25) is 14.4 Å². The first-order valence-corrected chi connectivity index (χ1v) is 22.2. The number of amides is 6. The quantitative estimate of drug-likeness (QED) is 0.0322. The molecule has 70 heavy (non-hydrogen) atoms. The molecule has 0 spiro atoms. The molecule has 6 rings (SSSR count). The lowest BCUT2D eigenvalue weighted by Gasteiger charge is -2.21. The highest BCUT2D eigenvalue weighted by molar-refractivity contribution is 5.96. The van der Waals surface area contributed by atoms with Crippen molar-refractivity contribution >= 4 is 53.1 Å². The summed E-state index contributed by atoms with van der Waals surface area (Å²) in [5.41, 5.74) is 24.5. The Kier molecular flexibility index (Phi) is 18.9. The van der Waals surface area contributed by atoms with E-state index in [1.165, 1.54) is 0 Å². The Morgan fingerprint density at radius 2 is 0.600 bits per heavy atom. The summed E-state index contributed by atoms with van der Waals surface area (Å²) in [5.74, 6) is -1.98. The van der Waals surface area contributed by atoms with Crippen LogP contribution in [0.5, 0.6) is 0 Å². The van der Waals surface area contributed by atoms with Crippen LogP contribution in [0, 0.1) is 0 Å². The Labute approximate surface area is 404 Å². The van der Waals surface area contributed by atoms with Crippen LogP contribution in [-0.2, 0) is 48.4 Å². The molecule has 0 aliphatic heterocycles. The highest BCUT2D eigenvalue weighted by atomic mass is 16.6. The summed E-state index contributed by atoms with van der Waals surface area (Å²) in [6, 6.07) is 45.6. The maximum atomic E-state index is 13.0. The fourth-order valence-electron chi connectivity index (χ4n) is 6.74. The van der Waals surface area contributed by atoms with Crippen LogP contribution in [0.1, 0.15) is 39.3 Å². The third-order valence-corrected chi connectivity index (χ3v) is 10.6. The number of alkyl carbamates (subject to hydrolysis) is 3. The zero-order valence-corrected chi connectivity index (χ0v) is 38.0. The normalized spacial score (nSPS) is 12.0. The molecule has 362 valence electrons. The Hall–Kier alpha value is -8.58. The monoisotopic (exact) mass is 949 g/mol. The van der Waals surface area contributed by atoms with E-state index < -0.39 is 60.0 Å². The summed E-state index contributed by atoms with van der Waals surface area (Å²) in [6.45, 7) is -0.286. The molecule has 6 amide bonds. The molecule has 0 heterocycles. The van der Waals surface area contributed by atoms with Gasteiger partial charge >= 0.3 is 18.3 Å². The van der Waals surface area contributed by atoms with Gasteiger partial charge in [0.2, 0.25) is 17.7 Å². The van der Waals surface area contributed by atoms with Gasteiger partial charge in [-0.2, -0.15) is 0 Å². The molecule has 12 N–H and O–H groups in total. The van der Waals surface area contributed by atoms with Crippen molar-refractivity contribution in [3.8, 4) is 0 Å². The van der Waals surface area contributed by atoms with Crippen LogP contribution in [0.15, 0.2) is 164 Å². The number of benzene rings is 6. The Bertz CT molecular complexity index is 2350. The van der Waals surface area contributed by atoms with Gasteiger partial charge in [-0.05, 0) is 69.8 Å². The molecule has 0 fully saturated rings. The second-order valence-electron chi connectivity index (χ2n) is 15.9. The Morgan fingerprint density at radius 3 is 0.843 bits per heavy atom. The van der Waals surface area contributed by atoms with Crippen molar-refractivity contribution in [3.63, 3.8) is 0 Å². The van der Waals surface area contributed by atoms with Crippen LogP contribution in [0.3, 0.4) is 0 Å². The number of hydrogen-bond donors (Lipinski definition) is 9. The maximum Gasteiger partial charge on any atom is 0.407 e. The molecule has 0 saturated carbocycles. The van der Waals surface area contributed by atoms with Gasteiger partial charge in [-0.25, -0.2) is 14.4 Å². The van der Waals surface area contributed by atoms with Crippen LogP contribution >= 0.6 is 0 Å². The third kappa shape index (κ3) is 16.3. The summed E-state index contributed by atoms with van der Waals surface area (Å²) in [7, 11) is 0. The lowest BCUT2D eigenvalue weighted by atomic mass is 9.85. The number of carbonyl (C=O) groups excluding carboxylic acids is 6. The molecule has 0 aliphatic rings. The Morgan fingerprint density at radius 1 is 0.357 bits per heavy atom. The number of hydrogen-bond acceptors (Lipinski definition) is 12. The van der Waals surface area contributed by atoms with Gasteiger partial charge in [0.15, 0.2) is 0 Å². The van der Waals surface area contributed by atoms with Crippen molar-refractivity contribution in [1.29, 1.82) is 0 Å². The van der Waals surface area contributed by atoms with Crippen molar-refractivity contribution in [2.24, 2.45) is 17.2 Å². The molecule has 0 unspecified atom stereocenters. The maximum absolute atomic E-state index is 13.0. The first-order chi connectivity index (χ1) is 33.9. The zero-order valence-electron chi connectivity index (χ0n) is 38.0. The summed E-state index contributed by atoms with van der Waals surface area (Å²) in [5, 5.41) is 15.9. The van der Waals surface area contributed by atoms with Gasteiger partial charge < -0.3 is 63.3 Å². The lowest BCUT2D eigenvalue weighted by Crippen LogP contribution is -2.45. The number of nitrogens with one attached hydrogen (secondary N) is 6. The summed E-state index contributed by atoms with van der Waals surface area (Å²) < 4.78 is 15.6.